The summed E-state index contributed by atoms with van der Waals surface area (Å²) in [5.74, 6) is 0.241. The van der Waals surface area contributed by atoms with Crippen LogP contribution in [0.25, 0.3) is 0 Å². The zero-order chi connectivity index (χ0) is 11.4. The number of hydrogen-bond donors (Lipinski definition) is 1. The third-order valence-electron chi connectivity index (χ3n) is 2.91. The Morgan fingerprint density at radius 2 is 2.12 bits per heavy atom. The number of benzene rings is 1. The van der Waals surface area contributed by atoms with Crippen LogP contribution in [0, 0.1) is 0 Å². The summed E-state index contributed by atoms with van der Waals surface area (Å²) in [5.41, 5.74) is 1.03. The zero-order valence-electron chi connectivity index (χ0n) is 9.65. The maximum Gasteiger partial charge on any atom is 0.245 e. The van der Waals surface area contributed by atoms with Crippen molar-refractivity contribution in [2.75, 3.05) is 18.4 Å². The number of para-hydroxylation sites is 1. The number of hydrogen-bond acceptors (Lipinski definition) is 2. The maximum atomic E-state index is 12.0. The second kappa shape index (κ2) is 5.01. The Morgan fingerprint density at radius 1 is 1.38 bits per heavy atom. The van der Waals surface area contributed by atoms with Gasteiger partial charge in [-0.05, 0) is 25.0 Å². The first-order valence-electron chi connectivity index (χ1n) is 5.91. The van der Waals surface area contributed by atoms with Gasteiger partial charge in [0.05, 0.1) is 0 Å². The molecule has 3 heteroatoms. The molecule has 2 rings (SSSR count). The normalized spacial score (nSPS) is 20.2. The summed E-state index contributed by atoms with van der Waals surface area (Å²) >= 11 is 0. The van der Waals surface area contributed by atoms with E-state index in [-0.39, 0.29) is 11.9 Å². The van der Waals surface area contributed by atoms with E-state index in [4.69, 9.17) is 0 Å². The fourth-order valence-corrected chi connectivity index (χ4v) is 2.10. The zero-order valence-corrected chi connectivity index (χ0v) is 9.65. The van der Waals surface area contributed by atoms with Crippen molar-refractivity contribution in [3.05, 3.63) is 30.3 Å². The molecule has 0 bridgehead atoms. The third kappa shape index (κ3) is 2.35. The first-order valence-corrected chi connectivity index (χ1v) is 5.91. The van der Waals surface area contributed by atoms with Gasteiger partial charge in [0.1, 0.15) is 6.04 Å². The molecule has 1 unspecified atom stereocenters. The molecule has 1 atom stereocenters. The smallest absolute Gasteiger partial charge is 0.245 e. The van der Waals surface area contributed by atoms with Crippen LogP contribution >= 0.6 is 0 Å². The highest BCUT2D eigenvalue weighted by atomic mass is 16.2. The van der Waals surface area contributed by atoms with Crippen molar-refractivity contribution in [1.29, 1.82) is 0 Å². The van der Waals surface area contributed by atoms with Crippen LogP contribution in [0.4, 0.5) is 5.69 Å². The van der Waals surface area contributed by atoms with Crippen molar-refractivity contribution >= 4 is 11.6 Å². The van der Waals surface area contributed by atoms with Crippen LogP contribution < -0.4 is 5.32 Å². The largest absolute Gasteiger partial charge is 0.374 e. The van der Waals surface area contributed by atoms with Crippen LogP contribution in [-0.4, -0.2) is 29.9 Å². The number of amides is 1. The highest BCUT2D eigenvalue weighted by Gasteiger charge is 2.30. The van der Waals surface area contributed by atoms with Gasteiger partial charge in [-0.25, -0.2) is 0 Å². The Kier molecular flexibility index (Phi) is 3.44. The molecule has 1 aromatic carbocycles. The standard InChI is InChI=1S/C13H18N2O/c1-2-9-15-10-8-12(13(15)16)14-11-6-4-3-5-7-11/h3-7,12,14H,2,8-10H2,1H3. The summed E-state index contributed by atoms with van der Waals surface area (Å²) in [6, 6.07) is 9.89. The summed E-state index contributed by atoms with van der Waals surface area (Å²) < 4.78 is 0. The SMILES string of the molecule is CCCN1CCC(Nc2ccccc2)C1=O. The molecule has 1 N–H and O–H groups in total. The van der Waals surface area contributed by atoms with Gasteiger partial charge in [0.15, 0.2) is 0 Å². The van der Waals surface area contributed by atoms with Gasteiger partial charge in [0.2, 0.25) is 5.91 Å². The number of nitrogens with zero attached hydrogens (tertiary/aromatic N) is 1. The minimum atomic E-state index is -0.0334. The van der Waals surface area contributed by atoms with Crippen LogP contribution in [0.5, 0.6) is 0 Å². The number of carbonyl (C=O) groups is 1. The molecule has 0 radical (unpaired) electrons. The molecule has 1 fully saturated rings. The fraction of sp³-hybridized carbons (Fsp3) is 0.462. The molecule has 0 saturated carbocycles. The topological polar surface area (TPSA) is 32.3 Å². The van der Waals surface area contributed by atoms with Crippen LogP contribution in [0.2, 0.25) is 0 Å². The van der Waals surface area contributed by atoms with E-state index >= 15 is 0 Å². The quantitative estimate of drug-likeness (QED) is 0.839. The molecule has 16 heavy (non-hydrogen) atoms. The first-order chi connectivity index (χ1) is 7.81. The molecule has 0 aromatic heterocycles. The lowest BCUT2D eigenvalue weighted by Crippen LogP contribution is -2.33. The number of nitrogens with one attached hydrogen (secondary N) is 1. The first kappa shape index (κ1) is 11.0. The molecule has 1 aliphatic heterocycles. The van der Waals surface area contributed by atoms with Gasteiger partial charge < -0.3 is 10.2 Å². The minimum absolute atomic E-state index is 0.0334. The summed E-state index contributed by atoms with van der Waals surface area (Å²) in [5, 5.41) is 3.29. The molecule has 3 nitrogen and oxygen atoms in total. The van der Waals surface area contributed by atoms with E-state index in [9.17, 15) is 4.79 Å². The fourth-order valence-electron chi connectivity index (χ4n) is 2.10. The average molecular weight is 218 g/mol. The number of rotatable bonds is 4. The number of anilines is 1. The Hall–Kier alpha value is -1.51. The predicted octanol–water partition coefficient (Wildman–Crippen LogP) is 2.11. The van der Waals surface area contributed by atoms with E-state index in [0.29, 0.717) is 0 Å². The van der Waals surface area contributed by atoms with Gasteiger partial charge in [-0.2, -0.15) is 0 Å². The average Bonchev–Trinajstić information content (AvgIpc) is 2.64. The van der Waals surface area contributed by atoms with E-state index in [1.54, 1.807) is 0 Å². The second-order valence-corrected chi connectivity index (χ2v) is 4.18. The van der Waals surface area contributed by atoms with Crippen LogP contribution in [-0.2, 0) is 4.79 Å². The third-order valence-corrected chi connectivity index (χ3v) is 2.91. The van der Waals surface area contributed by atoms with Crippen LogP contribution in [0.3, 0.4) is 0 Å². The molecule has 1 heterocycles. The predicted molar refractivity (Wildman–Crippen MR) is 65.3 cm³/mol. The molecule has 0 spiro atoms. The highest BCUT2D eigenvalue weighted by Crippen LogP contribution is 2.16. The van der Waals surface area contributed by atoms with E-state index in [1.165, 1.54) is 0 Å². The summed E-state index contributed by atoms with van der Waals surface area (Å²) in [6.45, 7) is 3.87. The van der Waals surface area contributed by atoms with E-state index in [1.807, 2.05) is 35.2 Å². The summed E-state index contributed by atoms with van der Waals surface area (Å²) in [7, 11) is 0. The van der Waals surface area contributed by atoms with Gasteiger partial charge in [-0.15, -0.1) is 0 Å². The minimum Gasteiger partial charge on any atom is -0.374 e. The molecular formula is C13H18N2O. The van der Waals surface area contributed by atoms with Crippen molar-refractivity contribution in [3.8, 4) is 0 Å². The molecular weight excluding hydrogens is 200 g/mol. The number of likely N-dealkylation sites (tertiary alicyclic amines) is 1. The highest BCUT2D eigenvalue weighted by molar-refractivity contribution is 5.86. The lowest BCUT2D eigenvalue weighted by atomic mass is 10.2. The molecule has 1 aliphatic rings. The van der Waals surface area contributed by atoms with Crippen molar-refractivity contribution in [2.45, 2.75) is 25.8 Å². The Bertz CT molecular complexity index is 350. The summed E-state index contributed by atoms with van der Waals surface area (Å²) in [4.78, 5) is 13.9. The molecule has 1 amide bonds. The second-order valence-electron chi connectivity index (χ2n) is 4.18. The molecule has 0 aliphatic carbocycles. The lowest BCUT2D eigenvalue weighted by molar-refractivity contribution is -0.128. The van der Waals surface area contributed by atoms with E-state index < -0.39 is 0 Å². The van der Waals surface area contributed by atoms with Crippen molar-refractivity contribution in [1.82, 2.24) is 4.90 Å². The molecule has 86 valence electrons. The lowest BCUT2D eigenvalue weighted by Gasteiger charge is -2.16. The van der Waals surface area contributed by atoms with Crippen molar-refractivity contribution < 1.29 is 4.79 Å². The number of carbonyl (C=O) groups excluding carboxylic acids is 1. The Labute approximate surface area is 96.5 Å². The van der Waals surface area contributed by atoms with E-state index in [2.05, 4.69) is 12.2 Å². The van der Waals surface area contributed by atoms with Gasteiger partial charge in [0.25, 0.3) is 0 Å². The van der Waals surface area contributed by atoms with E-state index in [0.717, 1.165) is 31.6 Å². The van der Waals surface area contributed by atoms with Crippen molar-refractivity contribution in [2.24, 2.45) is 0 Å². The van der Waals surface area contributed by atoms with Gasteiger partial charge in [-0.1, -0.05) is 25.1 Å². The summed E-state index contributed by atoms with van der Waals surface area (Å²) in [6.07, 6.45) is 1.94. The Balaban J connectivity index is 1.95. The van der Waals surface area contributed by atoms with Crippen LogP contribution in [0.15, 0.2) is 30.3 Å². The van der Waals surface area contributed by atoms with Crippen molar-refractivity contribution in [3.63, 3.8) is 0 Å². The van der Waals surface area contributed by atoms with Gasteiger partial charge >= 0.3 is 0 Å². The van der Waals surface area contributed by atoms with Gasteiger partial charge in [-0.3, -0.25) is 4.79 Å². The molecule has 1 aromatic rings. The van der Waals surface area contributed by atoms with Crippen LogP contribution in [0.1, 0.15) is 19.8 Å². The maximum absolute atomic E-state index is 12.0. The van der Waals surface area contributed by atoms with Gasteiger partial charge in [0, 0.05) is 18.8 Å². The monoisotopic (exact) mass is 218 g/mol. The Morgan fingerprint density at radius 3 is 2.81 bits per heavy atom. The molecule has 1 saturated heterocycles.